The lowest BCUT2D eigenvalue weighted by Gasteiger charge is -2.26. The van der Waals surface area contributed by atoms with Crippen molar-refractivity contribution in [2.24, 2.45) is 0 Å². The zero-order valence-corrected chi connectivity index (χ0v) is 8.34. The molecule has 0 unspecified atom stereocenters. The fourth-order valence-corrected chi connectivity index (χ4v) is 2.03. The maximum Gasteiger partial charge on any atom is 0.346 e. The maximum atomic E-state index is 10.8. The molecule has 0 aromatic carbocycles. The average Bonchev–Trinajstić information content (AvgIpc) is 2.49. The summed E-state index contributed by atoms with van der Waals surface area (Å²) in [6, 6.07) is 2.23. The monoisotopic (exact) mass is 213 g/mol. The van der Waals surface area contributed by atoms with Crippen molar-refractivity contribution < 1.29 is 14.6 Å². The Kier molecular flexibility index (Phi) is 2.81. The van der Waals surface area contributed by atoms with E-state index in [2.05, 4.69) is 5.32 Å². The van der Waals surface area contributed by atoms with E-state index in [4.69, 9.17) is 9.84 Å². The van der Waals surface area contributed by atoms with Gasteiger partial charge in [-0.15, -0.1) is 11.3 Å². The van der Waals surface area contributed by atoms with Gasteiger partial charge in [0.1, 0.15) is 4.88 Å². The number of carboxylic acids is 1. The van der Waals surface area contributed by atoms with Crippen LogP contribution in [-0.4, -0.2) is 30.3 Å². The summed E-state index contributed by atoms with van der Waals surface area (Å²) in [5, 5.41) is 13.9. The minimum absolute atomic E-state index is 0.386. The number of ether oxygens (including phenoxy) is 1. The predicted octanol–water partition coefficient (Wildman–Crippen LogP) is 0.935. The van der Waals surface area contributed by atoms with Crippen LogP contribution in [0.2, 0.25) is 0 Å². The summed E-state index contributed by atoms with van der Waals surface area (Å²) in [5.74, 6) is -0.846. The van der Waals surface area contributed by atoms with Crippen LogP contribution in [0.25, 0.3) is 0 Å². The van der Waals surface area contributed by atoms with Crippen LogP contribution in [-0.2, 0) is 11.3 Å². The van der Waals surface area contributed by atoms with E-state index >= 15 is 0 Å². The summed E-state index contributed by atoms with van der Waals surface area (Å²) in [4.78, 5) is 11.2. The molecular weight excluding hydrogens is 202 g/mol. The zero-order chi connectivity index (χ0) is 9.97. The van der Waals surface area contributed by atoms with Crippen molar-refractivity contribution in [1.82, 2.24) is 5.32 Å². The fraction of sp³-hybridized carbons (Fsp3) is 0.444. The molecule has 1 aliphatic rings. The van der Waals surface area contributed by atoms with Gasteiger partial charge in [0, 0.05) is 6.54 Å². The van der Waals surface area contributed by atoms with Gasteiger partial charge in [-0.1, -0.05) is 0 Å². The highest BCUT2D eigenvalue weighted by atomic mass is 32.1. The standard InChI is InChI=1S/C9H11NO3S/c11-9(12)8-6(1-2-14-8)3-10-7-4-13-5-7/h1-2,7,10H,3-5H2,(H,11,12). The van der Waals surface area contributed by atoms with Gasteiger partial charge in [-0.3, -0.25) is 0 Å². The van der Waals surface area contributed by atoms with Crippen molar-refractivity contribution in [3.63, 3.8) is 0 Å². The Morgan fingerprint density at radius 1 is 1.71 bits per heavy atom. The molecule has 0 atom stereocenters. The lowest BCUT2D eigenvalue weighted by atomic mass is 10.2. The third kappa shape index (κ3) is 1.95. The molecule has 5 heteroatoms. The first-order valence-electron chi connectivity index (χ1n) is 4.38. The Hall–Kier alpha value is -0.910. The van der Waals surface area contributed by atoms with Gasteiger partial charge < -0.3 is 15.2 Å². The highest BCUT2D eigenvalue weighted by Crippen LogP contribution is 2.16. The van der Waals surface area contributed by atoms with Crippen LogP contribution in [0.5, 0.6) is 0 Å². The molecule has 4 nitrogen and oxygen atoms in total. The Labute approximate surface area is 85.5 Å². The highest BCUT2D eigenvalue weighted by Gasteiger charge is 2.18. The molecule has 0 spiro atoms. The first-order chi connectivity index (χ1) is 6.77. The second kappa shape index (κ2) is 4.08. The van der Waals surface area contributed by atoms with Crippen LogP contribution in [0, 0.1) is 0 Å². The molecule has 1 aliphatic heterocycles. The smallest absolute Gasteiger partial charge is 0.346 e. The molecule has 2 heterocycles. The average molecular weight is 213 g/mol. The molecule has 2 rings (SSSR count). The van der Waals surface area contributed by atoms with Crippen molar-refractivity contribution >= 4 is 17.3 Å². The minimum Gasteiger partial charge on any atom is -0.477 e. The summed E-state index contributed by atoms with van der Waals surface area (Å²) >= 11 is 1.26. The molecule has 1 aromatic rings. The number of rotatable bonds is 4. The number of hydrogen-bond donors (Lipinski definition) is 2. The lowest BCUT2D eigenvalue weighted by Crippen LogP contribution is -2.45. The second-order valence-electron chi connectivity index (χ2n) is 3.20. The second-order valence-corrected chi connectivity index (χ2v) is 4.11. The number of nitrogens with one attached hydrogen (secondary N) is 1. The molecule has 1 fully saturated rings. The molecule has 0 bridgehead atoms. The van der Waals surface area contributed by atoms with E-state index in [0.29, 0.717) is 17.5 Å². The van der Waals surface area contributed by atoms with Gasteiger partial charge in [0.25, 0.3) is 0 Å². The third-order valence-corrected chi connectivity index (χ3v) is 3.10. The number of carbonyl (C=O) groups is 1. The molecule has 0 radical (unpaired) electrons. The molecule has 76 valence electrons. The largest absolute Gasteiger partial charge is 0.477 e. The van der Waals surface area contributed by atoms with Crippen LogP contribution >= 0.6 is 11.3 Å². The van der Waals surface area contributed by atoms with E-state index in [1.165, 1.54) is 11.3 Å². The van der Waals surface area contributed by atoms with Gasteiger partial charge in [-0.2, -0.15) is 0 Å². The zero-order valence-electron chi connectivity index (χ0n) is 7.53. The molecule has 14 heavy (non-hydrogen) atoms. The fourth-order valence-electron chi connectivity index (χ4n) is 1.27. The van der Waals surface area contributed by atoms with Gasteiger partial charge in [0.2, 0.25) is 0 Å². The highest BCUT2D eigenvalue weighted by molar-refractivity contribution is 7.12. The molecule has 2 N–H and O–H groups in total. The number of thiophene rings is 1. The molecule has 1 aromatic heterocycles. The normalized spacial score (nSPS) is 16.6. The Morgan fingerprint density at radius 3 is 3.07 bits per heavy atom. The Balaban J connectivity index is 1.94. The van der Waals surface area contributed by atoms with Gasteiger partial charge >= 0.3 is 5.97 Å². The van der Waals surface area contributed by atoms with Crippen molar-refractivity contribution in [2.45, 2.75) is 12.6 Å². The van der Waals surface area contributed by atoms with Crippen LogP contribution in [0.1, 0.15) is 15.2 Å². The van der Waals surface area contributed by atoms with E-state index in [-0.39, 0.29) is 0 Å². The topological polar surface area (TPSA) is 58.6 Å². The molecule has 0 saturated carbocycles. The number of hydrogen-bond acceptors (Lipinski definition) is 4. The summed E-state index contributed by atoms with van der Waals surface area (Å²) in [6.45, 7) is 2.07. The summed E-state index contributed by atoms with van der Waals surface area (Å²) < 4.78 is 5.01. The van der Waals surface area contributed by atoms with Crippen molar-refractivity contribution in [1.29, 1.82) is 0 Å². The first-order valence-corrected chi connectivity index (χ1v) is 5.26. The van der Waals surface area contributed by atoms with Gasteiger partial charge in [0.05, 0.1) is 19.3 Å². The van der Waals surface area contributed by atoms with Crippen molar-refractivity contribution in [3.8, 4) is 0 Å². The number of aromatic carboxylic acids is 1. The van der Waals surface area contributed by atoms with Crippen LogP contribution in [0.4, 0.5) is 0 Å². The van der Waals surface area contributed by atoms with E-state index in [0.717, 1.165) is 18.8 Å². The molecular formula is C9H11NO3S. The lowest BCUT2D eigenvalue weighted by molar-refractivity contribution is -0.00579. The van der Waals surface area contributed by atoms with Crippen LogP contribution < -0.4 is 5.32 Å². The SMILES string of the molecule is O=C(O)c1sccc1CNC1COC1. The van der Waals surface area contributed by atoms with E-state index < -0.39 is 5.97 Å². The Bertz CT molecular complexity index is 333. The minimum atomic E-state index is -0.846. The van der Waals surface area contributed by atoms with E-state index in [1.54, 1.807) is 5.38 Å². The predicted molar refractivity (Wildman–Crippen MR) is 52.7 cm³/mol. The third-order valence-electron chi connectivity index (χ3n) is 2.16. The van der Waals surface area contributed by atoms with E-state index in [1.807, 2.05) is 6.07 Å². The van der Waals surface area contributed by atoms with E-state index in [9.17, 15) is 4.79 Å². The van der Waals surface area contributed by atoms with Crippen molar-refractivity contribution in [2.75, 3.05) is 13.2 Å². The van der Waals surface area contributed by atoms with Gasteiger partial charge in [-0.05, 0) is 17.0 Å². The Morgan fingerprint density at radius 2 is 2.50 bits per heavy atom. The van der Waals surface area contributed by atoms with Crippen LogP contribution in [0.15, 0.2) is 11.4 Å². The quantitative estimate of drug-likeness (QED) is 0.781. The summed E-state index contributed by atoms with van der Waals surface area (Å²) in [7, 11) is 0. The van der Waals surface area contributed by atoms with Crippen LogP contribution in [0.3, 0.4) is 0 Å². The summed E-state index contributed by atoms with van der Waals surface area (Å²) in [5.41, 5.74) is 0.856. The van der Waals surface area contributed by atoms with Gasteiger partial charge in [0.15, 0.2) is 0 Å². The summed E-state index contributed by atoms with van der Waals surface area (Å²) in [6.07, 6.45) is 0. The number of carboxylic acid groups (broad SMARTS) is 1. The van der Waals surface area contributed by atoms with Gasteiger partial charge in [-0.25, -0.2) is 4.79 Å². The molecule has 0 amide bonds. The van der Waals surface area contributed by atoms with Crippen molar-refractivity contribution in [3.05, 3.63) is 21.9 Å². The maximum absolute atomic E-state index is 10.8. The molecule has 0 aliphatic carbocycles. The molecule has 1 saturated heterocycles. The first kappa shape index (κ1) is 9.64.